The molecule has 130 valence electrons. The third kappa shape index (κ3) is 4.26. The van der Waals surface area contributed by atoms with Crippen molar-refractivity contribution in [2.75, 3.05) is 5.75 Å². The molecule has 1 fully saturated rings. The number of thioether (sulfide) groups is 1. The fourth-order valence-electron chi connectivity index (χ4n) is 2.34. The highest BCUT2D eigenvalue weighted by molar-refractivity contribution is 8.13. The van der Waals surface area contributed by atoms with Crippen molar-refractivity contribution in [1.82, 2.24) is 0 Å². The van der Waals surface area contributed by atoms with Crippen LogP contribution in [-0.4, -0.2) is 29.2 Å². The number of carbonyl (C=O) groups excluding carboxylic acids is 1. The predicted octanol–water partition coefficient (Wildman–Crippen LogP) is 4.94. The van der Waals surface area contributed by atoms with Crippen molar-refractivity contribution < 1.29 is 14.1 Å². The molecule has 0 N–H and O–H groups in total. The van der Waals surface area contributed by atoms with Gasteiger partial charge in [0.15, 0.2) is 5.12 Å². The first-order valence-corrected chi connectivity index (χ1v) is 9.34. The van der Waals surface area contributed by atoms with E-state index < -0.39 is 18.3 Å². The Bertz CT molecular complexity index is 654. The van der Waals surface area contributed by atoms with Crippen LogP contribution in [0.15, 0.2) is 23.7 Å². The van der Waals surface area contributed by atoms with Gasteiger partial charge < -0.3 is 9.31 Å². The lowest BCUT2D eigenvalue weighted by molar-refractivity contribution is -0.109. The van der Waals surface area contributed by atoms with Crippen molar-refractivity contribution in [1.29, 1.82) is 0 Å². The van der Waals surface area contributed by atoms with E-state index in [1.807, 2.05) is 58.9 Å². The summed E-state index contributed by atoms with van der Waals surface area (Å²) in [4.78, 5) is 11.4. The molecule has 0 aromatic heterocycles. The van der Waals surface area contributed by atoms with E-state index >= 15 is 0 Å². The van der Waals surface area contributed by atoms with Crippen molar-refractivity contribution in [3.63, 3.8) is 0 Å². The number of hydrogen-bond donors (Lipinski definition) is 0. The zero-order valence-corrected chi connectivity index (χ0v) is 16.7. The molecule has 1 aliphatic heterocycles. The summed E-state index contributed by atoms with van der Waals surface area (Å²) in [7, 11) is -0.472. The van der Waals surface area contributed by atoms with Gasteiger partial charge >= 0.3 is 7.12 Å². The maximum Gasteiger partial charge on any atom is 0.491 e. The molecule has 2 rings (SSSR count). The van der Waals surface area contributed by atoms with Gasteiger partial charge in [-0.25, -0.2) is 0 Å². The van der Waals surface area contributed by atoms with Gasteiger partial charge in [0.2, 0.25) is 0 Å². The predicted molar refractivity (Wildman–Crippen MR) is 103 cm³/mol. The first-order chi connectivity index (χ1) is 11.0. The molecule has 3 nitrogen and oxygen atoms in total. The lowest BCUT2D eigenvalue weighted by Crippen LogP contribution is -2.41. The molecule has 0 unspecified atom stereocenters. The van der Waals surface area contributed by atoms with Crippen molar-refractivity contribution >= 4 is 41.7 Å². The Morgan fingerprint density at radius 3 is 2.38 bits per heavy atom. The van der Waals surface area contributed by atoms with Crippen LogP contribution in [0.5, 0.6) is 0 Å². The van der Waals surface area contributed by atoms with Crippen LogP contribution in [0.2, 0.25) is 5.02 Å². The number of hydrogen-bond acceptors (Lipinski definition) is 4. The van der Waals surface area contributed by atoms with E-state index in [1.54, 1.807) is 6.92 Å². The third-order valence-electron chi connectivity index (χ3n) is 4.65. The number of benzene rings is 1. The summed E-state index contributed by atoms with van der Waals surface area (Å²) in [5.74, 6) is 0.526. The fourth-order valence-corrected chi connectivity index (χ4v) is 3.11. The Kier molecular flexibility index (Phi) is 5.91. The molecule has 1 aliphatic rings. The molecular formula is C18H24BClO3S. The van der Waals surface area contributed by atoms with Crippen molar-refractivity contribution in [2.45, 2.75) is 52.7 Å². The molecule has 1 aromatic rings. The second-order valence-corrected chi connectivity index (χ2v) is 8.60. The summed E-state index contributed by atoms with van der Waals surface area (Å²) in [6.07, 6.45) is 2.03. The summed E-state index contributed by atoms with van der Waals surface area (Å²) >= 11 is 7.48. The van der Waals surface area contributed by atoms with Crippen LogP contribution in [0.1, 0.15) is 45.7 Å². The largest absolute Gasteiger partial charge is 0.491 e. The smallest absolute Gasteiger partial charge is 0.400 e. The van der Waals surface area contributed by atoms with Gasteiger partial charge in [0.05, 0.1) is 11.2 Å². The van der Waals surface area contributed by atoms with E-state index in [4.69, 9.17) is 20.9 Å². The Morgan fingerprint density at radius 1 is 1.25 bits per heavy atom. The van der Waals surface area contributed by atoms with Gasteiger partial charge in [-0.3, -0.25) is 4.79 Å². The molecule has 0 saturated carbocycles. The fraction of sp³-hybridized carbons (Fsp3) is 0.500. The highest BCUT2D eigenvalue weighted by Crippen LogP contribution is 2.39. The Morgan fingerprint density at radius 2 is 1.83 bits per heavy atom. The van der Waals surface area contributed by atoms with E-state index in [0.29, 0.717) is 5.75 Å². The van der Waals surface area contributed by atoms with Crippen molar-refractivity contribution in [3.8, 4) is 0 Å². The minimum absolute atomic E-state index is 0.0697. The van der Waals surface area contributed by atoms with E-state index in [9.17, 15) is 4.79 Å². The SMILES string of the molecule is CC(=O)SCC(=Cc1cccc(Cl)c1C)B1OC(C)(C)C(C)(C)O1. The Hall–Kier alpha value is -0.745. The number of carbonyl (C=O) groups is 1. The van der Waals surface area contributed by atoms with Gasteiger partial charge in [-0.05, 0) is 57.3 Å². The zero-order valence-electron chi connectivity index (χ0n) is 15.1. The van der Waals surface area contributed by atoms with E-state index in [2.05, 4.69) is 0 Å². The van der Waals surface area contributed by atoms with Crippen LogP contribution >= 0.6 is 23.4 Å². The topological polar surface area (TPSA) is 35.5 Å². The van der Waals surface area contributed by atoms with Gasteiger partial charge in [0, 0.05) is 17.7 Å². The van der Waals surface area contributed by atoms with Crippen LogP contribution in [0.3, 0.4) is 0 Å². The Balaban J connectivity index is 2.37. The Labute approximate surface area is 154 Å². The van der Waals surface area contributed by atoms with Crippen LogP contribution in [-0.2, 0) is 14.1 Å². The maximum atomic E-state index is 11.4. The molecule has 1 heterocycles. The quantitative estimate of drug-likeness (QED) is 0.707. The zero-order chi connectivity index (χ0) is 18.1. The second kappa shape index (κ2) is 7.24. The van der Waals surface area contributed by atoms with E-state index in [1.165, 1.54) is 11.8 Å². The van der Waals surface area contributed by atoms with Gasteiger partial charge in [-0.15, -0.1) is 0 Å². The maximum absolute atomic E-state index is 11.4. The van der Waals surface area contributed by atoms with Crippen LogP contribution in [0, 0.1) is 6.92 Å². The average molecular weight is 367 g/mol. The molecule has 1 aromatic carbocycles. The molecule has 0 radical (unpaired) electrons. The molecule has 0 bridgehead atoms. The van der Waals surface area contributed by atoms with Crippen molar-refractivity contribution in [3.05, 3.63) is 39.8 Å². The normalized spacial score (nSPS) is 19.6. The summed E-state index contributed by atoms with van der Waals surface area (Å²) in [5, 5.41) is 0.788. The first kappa shape index (κ1) is 19.6. The molecule has 24 heavy (non-hydrogen) atoms. The highest BCUT2D eigenvalue weighted by Gasteiger charge is 2.52. The van der Waals surface area contributed by atoms with E-state index in [-0.39, 0.29) is 5.12 Å². The molecule has 0 spiro atoms. The summed E-state index contributed by atoms with van der Waals surface area (Å²) < 4.78 is 12.3. The van der Waals surface area contributed by atoms with Crippen LogP contribution < -0.4 is 0 Å². The van der Waals surface area contributed by atoms with Crippen molar-refractivity contribution in [2.24, 2.45) is 0 Å². The summed E-state index contributed by atoms with van der Waals surface area (Å²) in [6, 6.07) is 5.79. The first-order valence-electron chi connectivity index (χ1n) is 7.98. The van der Waals surface area contributed by atoms with E-state index in [0.717, 1.165) is 21.6 Å². The molecule has 6 heteroatoms. The third-order valence-corrected chi connectivity index (χ3v) is 5.94. The number of rotatable bonds is 4. The molecular weight excluding hydrogens is 343 g/mol. The summed E-state index contributed by atoms with van der Waals surface area (Å²) in [5.41, 5.74) is 2.11. The second-order valence-electron chi connectivity index (χ2n) is 7.04. The van der Waals surface area contributed by atoms with Gasteiger partial charge in [-0.2, -0.15) is 0 Å². The summed E-state index contributed by atoms with van der Waals surface area (Å²) in [6.45, 7) is 11.6. The van der Waals surface area contributed by atoms with Gasteiger partial charge in [0.25, 0.3) is 0 Å². The van der Waals surface area contributed by atoms with Crippen LogP contribution in [0.25, 0.3) is 6.08 Å². The molecule has 0 amide bonds. The minimum Gasteiger partial charge on any atom is -0.400 e. The van der Waals surface area contributed by atoms with Gasteiger partial charge in [0.1, 0.15) is 0 Å². The average Bonchev–Trinajstić information content (AvgIpc) is 2.67. The highest BCUT2D eigenvalue weighted by atomic mass is 35.5. The lowest BCUT2D eigenvalue weighted by Gasteiger charge is -2.32. The minimum atomic E-state index is -0.472. The number of halogens is 1. The standard InChI is InChI=1S/C18H24BClO3S/c1-12-14(8-7-9-16(12)20)10-15(11-24-13(2)21)19-22-17(3,4)18(5,6)23-19/h7-10H,11H2,1-6H3. The monoisotopic (exact) mass is 366 g/mol. The van der Waals surface area contributed by atoms with Gasteiger partial charge in [-0.1, -0.05) is 41.6 Å². The lowest BCUT2D eigenvalue weighted by atomic mass is 9.78. The molecule has 1 saturated heterocycles. The molecule has 0 atom stereocenters. The van der Waals surface area contributed by atoms with Crippen LogP contribution in [0.4, 0.5) is 0 Å². The molecule has 0 aliphatic carbocycles.